The minimum absolute atomic E-state index is 0.155. The molecule has 23 heavy (non-hydrogen) atoms. The second-order valence-corrected chi connectivity index (χ2v) is 4.56. The molecule has 0 bridgehead atoms. The van der Waals surface area contributed by atoms with E-state index in [-0.39, 0.29) is 18.9 Å². The van der Waals surface area contributed by atoms with Crippen molar-refractivity contribution in [2.45, 2.75) is 39.2 Å². The van der Waals surface area contributed by atoms with Gasteiger partial charge in [0.2, 0.25) is 12.7 Å². The molecule has 0 spiro atoms. The molecule has 0 radical (unpaired) electrons. The first kappa shape index (κ1) is 18.5. The summed E-state index contributed by atoms with van der Waals surface area (Å²) in [5.74, 6) is -0.978. The van der Waals surface area contributed by atoms with Crippen molar-refractivity contribution in [3.05, 3.63) is 18.2 Å². The number of hydrogen-bond donors (Lipinski definition) is 2. The van der Waals surface area contributed by atoms with Gasteiger partial charge in [0, 0.05) is 24.7 Å². The molecule has 1 unspecified atom stereocenters. The standard InChI is InChI=1S/C14H21N3O6/c1-3-5-12(18)17-11(6-10-7-15-8-16-10)13(19)22-9-23-14(20)21-4-2/h7-8,11H,3-6,9H2,1-2H3,(H,15,16)(H,17,18). The summed E-state index contributed by atoms with van der Waals surface area (Å²) >= 11 is 0. The molecule has 1 rings (SSSR count). The normalized spacial score (nSPS) is 11.4. The lowest BCUT2D eigenvalue weighted by atomic mass is 10.1. The molecule has 0 aliphatic carbocycles. The summed E-state index contributed by atoms with van der Waals surface area (Å²) in [6, 6.07) is -0.903. The van der Waals surface area contributed by atoms with Crippen LogP contribution < -0.4 is 5.32 Å². The summed E-state index contributed by atoms with van der Waals surface area (Å²) < 4.78 is 13.9. The van der Waals surface area contributed by atoms with Crippen LogP contribution in [0, 0.1) is 0 Å². The van der Waals surface area contributed by atoms with Crippen LogP contribution >= 0.6 is 0 Å². The maximum absolute atomic E-state index is 12.0. The quantitative estimate of drug-likeness (QED) is 0.511. The van der Waals surface area contributed by atoms with Gasteiger partial charge in [-0.1, -0.05) is 6.92 Å². The fourth-order valence-electron chi connectivity index (χ4n) is 1.70. The summed E-state index contributed by atoms with van der Waals surface area (Å²) in [5.41, 5.74) is 0.662. The molecule has 1 aromatic heterocycles. The molecule has 0 saturated carbocycles. The van der Waals surface area contributed by atoms with Gasteiger partial charge in [0.1, 0.15) is 6.04 Å². The Hall–Kier alpha value is -2.58. The van der Waals surface area contributed by atoms with E-state index in [1.54, 1.807) is 13.1 Å². The maximum atomic E-state index is 12.0. The van der Waals surface area contributed by atoms with Gasteiger partial charge in [0.15, 0.2) is 0 Å². The number of rotatable bonds is 9. The average Bonchev–Trinajstić information content (AvgIpc) is 3.00. The predicted octanol–water partition coefficient (Wildman–Crippen LogP) is 0.911. The number of nitrogens with zero attached hydrogens (tertiary/aromatic N) is 1. The molecular formula is C14H21N3O6. The Bertz CT molecular complexity index is 503. The summed E-state index contributed by atoms with van der Waals surface area (Å²) in [5, 5.41) is 2.59. The van der Waals surface area contributed by atoms with Crippen molar-refractivity contribution in [1.29, 1.82) is 0 Å². The highest BCUT2D eigenvalue weighted by Gasteiger charge is 2.23. The van der Waals surface area contributed by atoms with Gasteiger partial charge >= 0.3 is 12.1 Å². The number of carbonyl (C=O) groups excluding carboxylic acids is 3. The number of aromatic nitrogens is 2. The Morgan fingerprint density at radius 3 is 2.65 bits per heavy atom. The van der Waals surface area contributed by atoms with Crippen molar-refractivity contribution in [2.24, 2.45) is 0 Å². The molecule has 0 aliphatic rings. The molecule has 2 N–H and O–H groups in total. The van der Waals surface area contributed by atoms with Crippen molar-refractivity contribution in [3.63, 3.8) is 0 Å². The lowest BCUT2D eigenvalue weighted by Gasteiger charge is -2.16. The van der Waals surface area contributed by atoms with Gasteiger partial charge < -0.3 is 24.5 Å². The fourth-order valence-corrected chi connectivity index (χ4v) is 1.70. The molecule has 9 heteroatoms. The molecule has 0 aliphatic heterocycles. The zero-order valence-electron chi connectivity index (χ0n) is 13.2. The van der Waals surface area contributed by atoms with Crippen molar-refractivity contribution in [3.8, 4) is 0 Å². The van der Waals surface area contributed by atoms with Gasteiger partial charge in [0.25, 0.3) is 0 Å². The smallest absolute Gasteiger partial charge is 0.435 e. The van der Waals surface area contributed by atoms with E-state index in [0.717, 1.165) is 0 Å². The third kappa shape index (κ3) is 7.30. The van der Waals surface area contributed by atoms with Gasteiger partial charge in [-0.25, -0.2) is 14.6 Å². The van der Waals surface area contributed by atoms with Crippen LogP contribution in [0.15, 0.2) is 12.5 Å². The monoisotopic (exact) mass is 327 g/mol. The molecule has 1 heterocycles. The number of ether oxygens (including phenoxy) is 3. The second-order valence-electron chi connectivity index (χ2n) is 4.56. The van der Waals surface area contributed by atoms with E-state index < -0.39 is 25.0 Å². The van der Waals surface area contributed by atoms with E-state index in [9.17, 15) is 14.4 Å². The molecule has 9 nitrogen and oxygen atoms in total. The SMILES string of the molecule is CCCC(=O)NC(Cc1cnc[nH]1)C(=O)OCOC(=O)OCC. The highest BCUT2D eigenvalue weighted by Crippen LogP contribution is 2.02. The lowest BCUT2D eigenvalue weighted by molar-refractivity contribution is -0.157. The minimum Gasteiger partial charge on any atom is -0.435 e. The second kappa shape index (κ2) is 10.2. The number of aromatic amines is 1. The van der Waals surface area contributed by atoms with Crippen LogP contribution in [0.2, 0.25) is 0 Å². The zero-order chi connectivity index (χ0) is 17.1. The molecule has 0 aromatic carbocycles. The molecule has 1 amide bonds. The first-order valence-corrected chi connectivity index (χ1v) is 7.29. The van der Waals surface area contributed by atoms with Crippen molar-refractivity contribution in [2.75, 3.05) is 13.4 Å². The molecule has 0 fully saturated rings. The summed E-state index contributed by atoms with van der Waals surface area (Å²) in [4.78, 5) is 41.4. The van der Waals surface area contributed by atoms with E-state index in [1.807, 2.05) is 6.92 Å². The molecule has 128 valence electrons. The zero-order valence-corrected chi connectivity index (χ0v) is 13.2. The predicted molar refractivity (Wildman–Crippen MR) is 78.2 cm³/mol. The van der Waals surface area contributed by atoms with Gasteiger partial charge in [-0.2, -0.15) is 0 Å². The Labute approximate surface area is 133 Å². The Morgan fingerprint density at radius 1 is 1.26 bits per heavy atom. The van der Waals surface area contributed by atoms with E-state index in [1.165, 1.54) is 6.33 Å². The van der Waals surface area contributed by atoms with E-state index in [2.05, 4.69) is 24.8 Å². The summed E-state index contributed by atoms with van der Waals surface area (Å²) in [6.07, 6.45) is 3.22. The first-order chi connectivity index (χ1) is 11.1. The maximum Gasteiger partial charge on any atom is 0.511 e. The van der Waals surface area contributed by atoms with Gasteiger partial charge in [-0.3, -0.25) is 4.79 Å². The molecule has 1 aromatic rings. The molecule has 0 saturated heterocycles. The molecular weight excluding hydrogens is 306 g/mol. The van der Waals surface area contributed by atoms with Crippen molar-refractivity contribution >= 4 is 18.0 Å². The number of imidazole rings is 1. The first-order valence-electron chi connectivity index (χ1n) is 7.29. The number of esters is 1. The van der Waals surface area contributed by atoms with Crippen molar-refractivity contribution in [1.82, 2.24) is 15.3 Å². The van der Waals surface area contributed by atoms with Crippen LogP contribution in [0.25, 0.3) is 0 Å². The van der Waals surface area contributed by atoms with E-state index in [0.29, 0.717) is 18.5 Å². The van der Waals surface area contributed by atoms with E-state index >= 15 is 0 Å². The van der Waals surface area contributed by atoms with Crippen LogP contribution in [0.5, 0.6) is 0 Å². The number of carbonyl (C=O) groups is 3. The summed E-state index contributed by atoms with van der Waals surface area (Å²) in [6.45, 7) is 3.05. The number of nitrogens with one attached hydrogen (secondary N) is 2. The van der Waals surface area contributed by atoms with Gasteiger partial charge in [-0.15, -0.1) is 0 Å². The highest BCUT2D eigenvalue weighted by molar-refractivity contribution is 5.84. The van der Waals surface area contributed by atoms with Crippen LogP contribution in [0.3, 0.4) is 0 Å². The lowest BCUT2D eigenvalue weighted by Crippen LogP contribution is -2.43. The van der Waals surface area contributed by atoms with Crippen LogP contribution in [-0.4, -0.2) is 47.4 Å². The van der Waals surface area contributed by atoms with Crippen LogP contribution in [-0.2, 0) is 30.2 Å². The van der Waals surface area contributed by atoms with E-state index in [4.69, 9.17) is 4.74 Å². The highest BCUT2D eigenvalue weighted by atomic mass is 16.8. The van der Waals surface area contributed by atoms with Crippen molar-refractivity contribution < 1.29 is 28.6 Å². The minimum atomic E-state index is -0.930. The summed E-state index contributed by atoms with van der Waals surface area (Å²) in [7, 11) is 0. The number of amides is 1. The Kier molecular flexibility index (Phi) is 8.19. The topological polar surface area (TPSA) is 120 Å². The third-order valence-corrected chi connectivity index (χ3v) is 2.72. The number of hydrogen-bond acceptors (Lipinski definition) is 7. The van der Waals surface area contributed by atoms with Gasteiger partial charge in [-0.05, 0) is 13.3 Å². The molecule has 1 atom stereocenters. The largest absolute Gasteiger partial charge is 0.511 e. The Balaban J connectivity index is 2.53. The van der Waals surface area contributed by atoms with Crippen LogP contribution in [0.4, 0.5) is 4.79 Å². The Morgan fingerprint density at radius 2 is 2.04 bits per heavy atom. The average molecular weight is 327 g/mol. The fraction of sp³-hybridized carbons (Fsp3) is 0.571. The van der Waals surface area contributed by atoms with Crippen LogP contribution in [0.1, 0.15) is 32.4 Å². The number of H-pyrrole nitrogens is 1. The van der Waals surface area contributed by atoms with Gasteiger partial charge in [0.05, 0.1) is 12.9 Å². The third-order valence-electron chi connectivity index (χ3n) is 2.72.